The Morgan fingerprint density at radius 3 is 2.81 bits per heavy atom. The molecule has 0 fully saturated rings. The Kier molecular flexibility index (Phi) is 5.51. The Morgan fingerprint density at radius 1 is 1.56 bits per heavy atom. The molecule has 2 N–H and O–H groups in total. The first-order chi connectivity index (χ1) is 7.56. The summed E-state index contributed by atoms with van der Waals surface area (Å²) in [6.07, 6.45) is 0.806. The Hall–Kier alpha value is -0.330. The molecular formula is C11H14ClIN2O. The van der Waals surface area contributed by atoms with Gasteiger partial charge in [-0.1, -0.05) is 11.6 Å². The lowest BCUT2D eigenvalue weighted by Crippen LogP contribution is -2.28. The minimum absolute atomic E-state index is 0.0215. The molecule has 5 heteroatoms. The van der Waals surface area contributed by atoms with Gasteiger partial charge >= 0.3 is 0 Å². The van der Waals surface area contributed by atoms with E-state index in [0.717, 1.165) is 9.99 Å². The van der Waals surface area contributed by atoms with Crippen molar-refractivity contribution in [3.63, 3.8) is 0 Å². The van der Waals surface area contributed by atoms with Crippen LogP contribution in [0.15, 0.2) is 18.2 Å². The maximum atomic E-state index is 11.9. The lowest BCUT2D eigenvalue weighted by Gasteiger charge is -2.16. The molecule has 0 aliphatic carbocycles. The van der Waals surface area contributed by atoms with Crippen molar-refractivity contribution in [2.75, 3.05) is 20.1 Å². The van der Waals surface area contributed by atoms with Crippen LogP contribution >= 0.6 is 34.2 Å². The number of hydrogen-bond acceptors (Lipinski definition) is 2. The molecule has 0 saturated carbocycles. The summed E-state index contributed by atoms with van der Waals surface area (Å²) in [6, 6.07) is 5.33. The van der Waals surface area contributed by atoms with E-state index in [9.17, 15) is 4.79 Å². The van der Waals surface area contributed by atoms with E-state index in [1.807, 2.05) is 6.07 Å². The van der Waals surface area contributed by atoms with Crippen LogP contribution in [0.5, 0.6) is 0 Å². The molecule has 0 bridgehead atoms. The van der Waals surface area contributed by atoms with E-state index in [1.165, 1.54) is 0 Å². The number of nitrogens with zero attached hydrogens (tertiary/aromatic N) is 1. The first kappa shape index (κ1) is 13.7. The number of benzene rings is 1. The number of carbonyl (C=O) groups is 1. The molecular weight excluding hydrogens is 338 g/mol. The number of halogens is 2. The quantitative estimate of drug-likeness (QED) is 0.846. The largest absolute Gasteiger partial charge is 0.342 e. The van der Waals surface area contributed by atoms with E-state index in [4.69, 9.17) is 17.3 Å². The third-order valence-corrected chi connectivity index (χ3v) is 3.78. The van der Waals surface area contributed by atoms with E-state index >= 15 is 0 Å². The van der Waals surface area contributed by atoms with Gasteiger partial charge in [0.2, 0.25) is 0 Å². The first-order valence-corrected chi connectivity index (χ1v) is 6.42. The summed E-state index contributed by atoms with van der Waals surface area (Å²) < 4.78 is 0.945. The standard InChI is InChI=1S/C11H14ClIN2O/c1-15(6-2-5-14)11(16)8-3-4-10(13)9(12)7-8/h3-4,7H,2,5-6,14H2,1H3. The van der Waals surface area contributed by atoms with Crippen LogP contribution in [-0.2, 0) is 0 Å². The van der Waals surface area contributed by atoms with E-state index in [2.05, 4.69) is 22.6 Å². The molecule has 1 amide bonds. The summed E-state index contributed by atoms with van der Waals surface area (Å²) in [5.74, 6) is -0.0215. The number of carbonyl (C=O) groups excluding carboxylic acids is 1. The van der Waals surface area contributed by atoms with Crippen molar-refractivity contribution in [1.82, 2.24) is 4.90 Å². The Balaban J connectivity index is 2.76. The van der Waals surface area contributed by atoms with E-state index in [1.54, 1.807) is 24.1 Å². The van der Waals surface area contributed by atoms with Crippen molar-refractivity contribution in [3.8, 4) is 0 Å². The summed E-state index contributed by atoms with van der Waals surface area (Å²) in [5.41, 5.74) is 6.02. The monoisotopic (exact) mass is 352 g/mol. The Morgan fingerprint density at radius 2 is 2.25 bits per heavy atom. The SMILES string of the molecule is CN(CCCN)C(=O)c1ccc(I)c(Cl)c1. The predicted octanol–water partition coefficient (Wildman–Crippen LogP) is 2.37. The number of rotatable bonds is 4. The van der Waals surface area contributed by atoms with Gasteiger partial charge in [-0.15, -0.1) is 0 Å². The smallest absolute Gasteiger partial charge is 0.253 e. The van der Waals surface area contributed by atoms with Crippen LogP contribution in [0.25, 0.3) is 0 Å². The second kappa shape index (κ2) is 6.42. The zero-order chi connectivity index (χ0) is 12.1. The van der Waals surface area contributed by atoms with Gasteiger partial charge in [0.15, 0.2) is 0 Å². The molecule has 3 nitrogen and oxygen atoms in total. The average molecular weight is 353 g/mol. The minimum Gasteiger partial charge on any atom is -0.342 e. The van der Waals surface area contributed by atoms with Gasteiger partial charge in [-0.3, -0.25) is 4.79 Å². The summed E-state index contributed by atoms with van der Waals surface area (Å²) >= 11 is 8.10. The maximum Gasteiger partial charge on any atom is 0.253 e. The summed E-state index contributed by atoms with van der Waals surface area (Å²) in [6.45, 7) is 1.25. The third-order valence-electron chi connectivity index (χ3n) is 2.21. The van der Waals surface area contributed by atoms with Gasteiger partial charge in [-0.05, 0) is 53.8 Å². The lowest BCUT2D eigenvalue weighted by molar-refractivity contribution is 0.0794. The fraction of sp³-hybridized carbons (Fsp3) is 0.364. The van der Waals surface area contributed by atoms with Crippen molar-refractivity contribution in [1.29, 1.82) is 0 Å². The van der Waals surface area contributed by atoms with Gasteiger partial charge in [-0.25, -0.2) is 0 Å². The van der Waals surface area contributed by atoms with Crippen molar-refractivity contribution in [3.05, 3.63) is 32.4 Å². The van der Waals surface area contributed by atoms with Gasteiger partial charge in [-0.2, -0.15) is 0 Å². The fourth-order valence-corrected chi connectivity index (χ4v) is 1.80. The molecule has 0 atom stereocenters. The number of hydrogen-bond donors (Lipinski definition) is 1. The first-order valence-electron chi connectivity index (χ1n) is 4.97. The van der Waals surface area contributed by atoms with Gasteiger partial charge in [0, 0.05) is 22.7 Å². The molecule has 0 radical (unpaired) electrons. The second-order valence-electron chi connectivity index (χ2n) is 3.50. The van der Waals surface area contributed by atoms with Crippen molar-refractivity contribution in [2.24, 2.45) is 5.73 Å². The molecule has 0 spiro atoms. The van der Waals surface area contributed by atoms with Crippen LogP contribution in [0.4, 0.5) is 0 Å². The molecule has 1 aromatic rings. The van der Waals surface area contributed by atoms with Crippen LogP contribution in [-0.4, -0.2) is 30.9 Å². The highest BCUT2D eigenvalue weighted by Gasteiger charge is 2.12. The fourth-order valence-electron chi connectivity index (χ4n) is 1.28. The maximum absolute atomic E-state index is 11.9. The lowest BCUT2D eigenvalue weighted by atomic mass is 10.2. The Bertz CT molecular complexity index is 384. The van der Waals surface area contributed by atoms with Gasteiger partial charge in [0.05, 0.1) is 5.02 Å². The molecule has 0 unspecified atom stereocenters. The van der Waals surface area contributed by atoms with Gasteiger partial charge in [0.1, 0.15) is 0 Å². The highest BCUT2D eigenvalue weighted by Crippen LogP contribution is 2.20. The summed E-state index contributed by atoms with van der Waals surface area (Å²) in [5, 5.41) is 0.610. The summed E-state index contributed by atoms with van der Waals surface area (Å²) in [7, 11) is 1.77. The minimum atomic E-state index is -0.0215. The normalized spacial score (nSPS) is 10.2. The Labute approximate surface area is 114 Å². The van der Waals surface area contributed by atoms with Crippen LogP contribution in [0, 0.1) is 3.57 Å². The zero-order valence-corrected chi connectivity index (χ0v) is 12.0. The molecule has 1 aromatic carbocycles. The van der Waals surface area contributed by atoms with Crippen LogP contribution in [0.3, 0.4) is 0 Å². The zero-order valence-electron chi connectivity index (χ0n) is 9.04. The van der Waals surface area contributed by atoms with Crippen LogP contribution in [0.1, 0.15) is 16.8 Å². The van der Waals surface area contributed by atoms with Crippen LogP contribution < -0.4 is 5.73 Å². The van der Waals surface area contributed by atoms with E-state index in [-0.39, 0.29) is 5.91 Å². The third kappa shape index (κ3) is 3.61. The molecule has 0 saturated heterocycles. The molecule has 16 heavy (non-hydrogen) atoms. The van der Waals surface area contributed by atoms with Crippen molar-refractivity contribution < 1.29 is 4.79 Å². The molecule has 0 aliphatic heterocycles. The van der Waals surface area contributed by atoms with Gasteiger partial charge in [0.25, 0.3) is 5.91 Å². The second-order valence-corrected chi connectivity index (χ2v) is 5.07. The van der Waals surface area contributed by atoms with E-state index in [0.29, 0.717) is 23.7 Å². The number of nitrogens with two attached hydrogens (primary N) is 1. The topological polar surface area (TPSA) is 46.3 Å². The molecule has 88 valence electrons. The van der Waals surface area contributed by atoms with Crippen LogP contribution in [0.2, 0.25) is 5.02 Å². The van der Waals surface area contributed by atoms with Crippen molar-refractivity contribution in [2.45, 2.75) is 6.42 Å². The molecule has 0 aromatic heterocycles. The number of amides is 1. The average Bonchev–Trinajstić information content (AvgIpc) is 2.28. The van der Waals surface area contributed by atoms with Gasteiger partial charge < -0.3 is 10.6 Å². The highest BCUT2D eigenvalue weighted by atomic mass is 127. The highest BCUT2D eigenvalue weighted by molar-refractivity contribution is 14.1. The van der Waals surface area contributed by atoms with Crippen molar-refractivity contribution >= 4 is 40.1 Å². The van der Waals surface area contributed by atoms with E-state index < -0.39 is 0 Å². The molecule has 0 heterocycles. The molecule has 0 aliphatic rings. The molecule has 1 rings (SSSR count). The summed E-state index contributed by atoms with van der Waals surface area (Å²) in [4.78, 5) is 13.6. The predicted molar refractivity (Wildman–Crippen MR) is 74.8 cm³/mol.